The Kier molecular flexibility index (Phi) is 1.58. The molecule has 14 heavy (non-hydrogen) atoms. The minimum atomic E-state index is -0.0973. The number of rotatable bonds is 1. The van der Waals surface area contributed by atoms with Crippen molar-refractivity contribution >= 4 is 27.0 Å². The van der Waals surface area contributed by atoms with Crippen molar-refractivity contribution < 1.29 is 0 Å². The standard InChI is InChI=1S/C9H8BrN3O/c10-7-3-5-4-11-13(6-1-2-6)8(5)12-9(7)14/h3-4,6H,1-2H2,(H,12,14). The molecule has 72 valence electrons. The summed E-state index contributed by atoms with van der Waals surface area (Å²) in [5.41, 5.74) is 0.737. The maximum absolute atomic E-state index is 11.4. The van der Waals surface area contributed by atoms with Crippen molar-refractivity contribution in [3.05, 3.63) is 27.1 Å². The van der Waals surface area contributed by atoms with E-state index in [1.165, 1.54) is 0 Å². The van der Waals surface area contributed by atoms with Crippen molar-refractivity contribution in [2.24, 2.45) is 0 Å². The van der Waals surface area contributed by atoms with Crippen LogP contribution in [0.15, 0.2) is 21.5 Å². The molecule has 1 aliphatic rings. The molecule has 0 spiro atoms. The molecule has 0 bridgehead atoms. The van der Waals surface area contributed by atoms with Crippen LogP contribution in [-0.4, -0.2) is 14.8 Å². The Hall–Kier alpha value is -1.10. The highest BCUT2D eigenvalue weighted by Crippen LogP contribution is 2.35. The van der Waals surface area contributed by atoms with Gasteiger partial charge in [-0.25, -0.2) is 4.68 Å². The van der Waals surface area contributed by atoms with Crippen molar-refractivity contribution in [3.8, 4) is 0 Å². The van der Waals surface area contributed by atoms with Crippen LogP contribution in [0.4, 0.5) is 0 Å². The molecule has 2 aromatic rings. The Morgan fingerprint density at radius 1 is 1.57 bits per heavy atom. The van der Waals surface area contributed by atoms with Crippen LogP contribution in [0.3, 0.4) is 0 Å². The lowest BCUT2D eigenvalue weighted by molar-refractivity contribution is 0.658. The number of fused-ring (bicyclic) bond motifs is 1. The van der Waals surface area contributed by atoms with Gasteiger partial charge in [-0.2, -0.15) is 5.10 Å². The number of aromatic nitrogens is 3. The molecule has 0 aliphatic heterocycles. The molecule has 1 aliphatic carbocycles. The van der Waals surface area contributed by atoms with Gasteiger partial charge in [0.15, 0.2) is 0 Å². The summed E-state index contributed by atoms with van der Waals surface area (Å²) in [5, 5.41) is 5.24. The fourth-order valence-corrected chi connectivity index (χ4v) is 1.92. The molecule has 1 N–H and O–H groups in total. The van der Waals surface area contributed by atoms with E-state index >= 15 is 0 Å². The van der Waals surface area contributed by atoms with E-state index in [1.807, 2.05) is 4.68 Å². The maximum Gasteiger partial charge on any atom is 0.263 e. The molecular weight excluding hydrogens is 246 g/mol. The van der Waals surface area contributed by atoms with Crippen molar-refractivity contribution in [2.75, 3.05) is 0 Å². The van der Waals surface area contributed by atoms with E-state index < -0.39 is 0 Å². The normalized spacial score (nSPS) is 16.4. The van der Waals surface area contributed by atoms with E-state index in [-0.39, 0.29) is 5.56 Å². The van der Waals surface area contributed by atoms with Crippen LogP contribution in [0.1, 0.15) is 18.9 Å². The molecule has 2 aromatic heterocycles. The summed E-state index contributed by atoms with van der Waals surface area (Å²) in [6.07, 6.45) is 4.11. The molecular formula is C9H8BrN3O. The molecule has 1 saturated carbocycles. The number of nitrogens with zero attached hydrogens (tertiary/aromatic N) is 2. The lowest BCUT2D eigenvalue weighted by Crippen LogP contribution is -2.08. The van der Waals surface area contributed by atoms with Gasteiger partial charge in [-0.1, -0.05) is 0 Å². The molecule has 3 rings (SSSR count). The molecule has 4 nitrogen and oxygen atoms in total. The number of H-pyrrole nitrogens is 1. The molecule has 0 saturated heterocycles. The number of hydrogen-bond donors (Lipinski definition) is 1. The zero-order chi connectivity index (χ0) is 9.71. The monoisotopic (exact) mass is 253 g/mol. The highest BCUT2D eigenvalue weighted by Gasteiger charge is 2.26. The van der Waals surface area contributed by atoms with Gasteiger partial charge in [-0.05, 0) is 34.8 Å². The smallest absolute Gasteiger partial charge is 0.263 e. The summed E-state index contributed by atoms with van der Waals surface area (Å²) in [7, 11) is 0. The highest BCUT2D eigenvalue weighted by atomic mass is 79.9. The predicted molar refractivity (Wildman–Crippen MR) is 56.3 cm³/mol. The van der Waals surface area contributed by atoms with Crippen LogP contribution in [0.2, 0.25) is 0 Å². The van der Waals surface area contributed by atoms with Gasteiger partial charge < -0.3 is 4.98 Å². The second-order valence-electron chi connectivity index (χ2n) is 3.57. The van der Waals surface area contributed by atoms with Gasteiger partial charge in [-0.15, -0.1) is 0 Å². The highest BCUT2D eigenvalue weighted by molar-refractivity contribution is 9.10. The second-order valence-corrected chi connectivity index (χ2v) is 4.42. The van der Waals surface area contributed by atoms with Crippen LogP contribution in [-0.2, 0) is 0 Å². The average molecular weight is 254 g/mol. The third kappa shape index (κ3) is 1.12. The van der Waals surface area contributed by atoms with Crippen LogP contribution < -0.4 is 5.56 Å². The van der Waals surface area contributed by atoms with E-state index in [0.717, 1.165) is 23.9 Å². The first kappa shape index (κ1) is 8.23. The molecule has 0 unspecified atom stereocenters. The Morgan fingerprint density at radius 3 is 3.07 bits per heavy atom. The van der Waals surface area contributed by atoms with E-state index in [4.69, 9.17) is 0 Å². The zero-order valence-electron chi connectivity index (χ0n) is 7.33. The van der Waals surface area contributed by atoms with Crippen LogP contribution in [0.5, 0.6) is 0 Å². The van der Waals surface area contributed by atoms with Gasteiger partial charge in [0.1, 0.15) is 5.65 Å². The molecule has 0 radical (unpaired) electrons. The summed E-state index contributed by atoms with van der Waals surface area (Å²) in [5.74, 6) is 0. The van der Waals surface area contributed by atoms with Crippen LogP contribution >= 0.6 is 15.9 Å². The molecule has 0 aromatic carbocycles. The first-order valence-corrected chi connectivity index (χ1v) is 5.31. The van der Waals surface area contributed by atoms with Gasteiger partial charge in [0.25, 0.3) is 5.56 Å². The Morgan fingerprint density at radius 2 is 2.36 bits per heavy atom. The van der Waals surface area contributed by atoms with Crippen molar-refractivity contribution in [3.63, 3.8) is 0 Å². The van der Waals surface area contributed by atoms with E-state index in [2.05, 4.69) is 26.0 Å². The quantitative estimate of drug-likeness (QED) is 0.843. The summed E-state index contributed by atoms with van der Waals surface area (Å²) in [6.45, 7) is 0. The number of nitrogens with one attached hydrogen (secondary N) is 1. The Labute approximate surface area is 88.1 Å². The molecule has 0 amide bonds. The number of hydrogen-bond acceptors (Lipinski definition) is 2. The van der Waals surface area contributed by atoms with Crippen molar-refractivity contribution in [2.45, 2.75) is 18.9 Å². The summed E-state index contributed by atoms with van der Waals surface area (Å²) < 4.78 is 2.46. The maximum atomic E-state index is 11.4. The minimum absolute atomic E-state index is 0.0973. The van der Waals surface area contributed by atoms with Gasteiger partial charge in [0, 0.05) is 5.39 Å². The van der Waals surface area contributed by atoms with E-state index in [0.29, 0.717) is 10.5 Å². The number of aromatic amines is 1. The van der Waals surface area contributed by atoms with Crippen LogP contribution in [0.25, 0.3) is 11.0 Å². The third-order valence-electron chi connectivity index (χ3n) is 2.45. The summed E-state index contributed by atoms with van der Waals surface area (Å²) >= 11 is 3.20. The Bertz CT molecular complexity index is 553. The first-order chi connectivity index (χ1) is 6.75. The second kappa shape index (κ2) is 2.70. The van der Waals surface area contributed by atoms with Gasteiger partial charge in [-0.3, -0.25) is 4.79 Å². The van der Waals surface area contributed by atoms with Gasteiger partial charge in [0.05, 0.1) is 16.7 Å². The topological polar surface area (TPSA) is 50.7 Å². The van der Waals surface area contributed by atoms with Gasteiger partial charge in [0.2, 0.25) is 0 Å². The minimum Gasteiger partial charge on any atom is -0.306 e. The lowest BCUT2D eigenvalue weighted by atomic mass is 10.3. The average Bonchev–Trinajstić information content (AvgIpc) is 2.91. The molecule has 5 heteroatoms. The molecule has 2 heterocycles. The fraction of sp³-hybridized carbons (Fsp3) is 0.333. The lowest BCUT2D eigenvalue weighted by Gasteiger charge is -1.99. The fourth-order valence-electron chi connectivity index (χ4n) is 1.58. The number of halogens is 1. The van der Waals surface area contributed by atoms with E-state index in [1.54, 1.807) is 12.3 Å². The Balaban J connectivity index is 2.34. The first-order valence-electron chi connectivity index (χ1n) is 4.52. The van der Waals surface area contributed by atoms with Crippen molar-refractivity contribution in [1.29, 1.82) is 0 Å². The van der Waals surface area contributed by atoms with Gasteiger partial charge >= 0.3 is 0 Å². The molecule has 1 fully saturated rings. The zero-order valence-corrected chi connectivity index (χ0v) is 8.91. The van der Waals surface area contributed by atoms with Crippen molar-refractivity contribution in [1.82, 2.24) is 14.8 Å². The van der Waals surface area contributed by atoms with Crippen LogP contribution in [0, 0.1) is 0 Å². The third-order valence-corrected chi connectivity index (χ3v) is 3.04. The number of pyridine rings is 1. The SMILES string of the molecule is O=c1[nH]c2c(cnn2C2CC2)cc1Br. The van der Waals surface area contributed by atoms with E-state index in [9.17, 15) is 4.79 Å². The largest absolute Gasteiger partial charge is 0.306 e. The molecule has 0 atom stereocenters. The summed E-state index contributed by atoms with van der Waals surface area (Å²) in [4.78, 5) is 14.2. The summed E-state index contributed by atoms with van der Waals surface area (Å²) in [6, 6.07) is 2.30. The predicted octanol–water partition coefficient (Wildman–Crippen LogP) is 1.82.